The molecule has 6 rings (SSSR count). The van der Waals surface area contributed by atoms with Crippen molar-refractivity contribution in [2.45, 2.75) is 50.5 Å². The Morgan fingerprint density at radius 3 is 2.15 bits per heavy atom. The van der Waals surface area contributed by atoms with E-state index in [0.717, 1.165) is 31.7 Å². The van der Waals surface area contributed by atoms with E-state index in [1.165, 1.54) is 0 Å². The third-order valence-electron chi connectivity index (χ3n) is 8.92. The van der Waals surface area contributed by atoms with Gasteiger partial charge in [0.25, 0.3) is 5.56 Å². The molecule has 0 bridgehead atoms. The molecule has 0 radical (unpaired) electrons. The number of rotatable bonds is 4. The first-order valence-corrected chi connectivity index (χ1v) is 13.2. The highest BCUT2D eigenvalue weighted by Gasteiger charge is 2.59. The van der Waals surface area contributed by atoms with Crippen LogP contribution in [0.25, 0.3) is 0 Å². The second-order valence-corrected chi connectivity index (χ2v) is 11.1. The molecule has 2 saturated heterocycles. The van der Waals surface area contributed by atoms with Crippen molar-refractivity contribution >= 4 is 11.9 Å². The maximum Gasteiger partial charge on any atom is 0.422 e. The van der Waals surface area contributed by atoms with Crippen LogP contribution in [0.15, 0.2) is 17.2 Å². The van der Waals surface area contributed by atoms with Crippen molar-refractivity contribution in [1.82, 2.24) is 30.0 Å². The number of likely N-dealkylation sites (tertiary alicyclic amines) is 1. The van der Waals surface area contributed by atoms with Crippen LogP contribution in [0.3, 0.4) is 0 Å². The molecule has 4 aliphatic rings. The smallest absolute Gasteiger partial charge is 0.339 e. The molecule has 2 aliphatic heterocycles. The van der Waals surface area contributed by atoms with Crippen LogP contribution >= 0.6 is 0 Å². The van der Waals surface area contributed by atoms with E-state index in [2.05, 4.69) is 15.1 Å². The molecule has 3 fully saturated rings. The number of aromatic amines is 1. The van der Waals surface area contributed by atoms with Crippen molar-refractivity contribution in [3.05, 3.63) is 45.1 Å². The van der Waals surface area contributed by atoms with Gasteiger partial charge in [0.05, 0.1) is 22.7 Å². The molecule has 2 aliphatic carbocycles. The molecule has 0 spiro atoms. The lowest BCUT2D eigenvalue weighted by Crippen LogP contribution is -2.69. The summed E-state index contributed by atoms with van der Waals surface area (Å²) >= 11 is 0. The molecule has 2 aromatic heterocycles. The van der Waals surface area contributed by atoms with Gasteiger partial charge in [-0.3, -0.25) is 14.5 Å². The molecule has 0 aromatic carbocycles. The first-order chi connectivity index (χ1) is 18.9. The number of anilines is 1. The maximum atomic E-state index is 13.9. The lowest BCUT2D eigenvalue weighted by atomic mass is 9.60. The van der Waals surface area contributed by atoms with E-state index in [9.17, 15) is 35.9 Å². The molecule has 15 heteroatoms. The van der Waals surface area contributed by atoms with Gasteiger partial charge in [-0.1, -0.05) is 6.42 Å². The highest BCUT2D eigenvalue weighted by Crippen LogP contribution is 2.53. The molecule has 9 nitrogen and oxygen atoms in total. The van der Waals surface area contributed by atoms with E-state index >= 15 is 0 Å². The minimum atomic E-state index is -4.77. The summed E-state index contributed by atoms with van der Waals surface area (Å²) in [4.78, 5) is 39.0. The van der Waals surface area contributed by atoms with Gasteiger partial charge < -0.3 is 9.80 Å². The molecular weight excluding hydrogens is 544 g/mol. The first-order valence-electron chi connectivity index (χ1n) is 13.2. The number of carbonyl (C=O) groups is 1. The zero-order valence-corrected chi connectivity index (χ0v) is 21.4. The van der Waals surface area contributed by atoms with Crippen LogP contribution in [-0.2, 0) is 23.6 Å². The fourth-order valence-corrected chi connectivity index (χ4v) is 6.58. The van der Waals surface area contributed by atoms with Gasteiger partial charge in [0.1, 0.15) is 5.56 Å². The van der Waals surface area contributed by atoms with Crippen molar-refractivity contribution in [3.63, 3.8) is 0 Å². The molecule has 1 unspecified atom stereocenters. The number of halogens is 6. The average Bonchev–Trinajstić information content (AvgIpc) is 3.26. The second-order valence-electron chi connectivity index (χ2n) is 11.1. The van der Waals surface area contributed by atoms with Crippen molar-refractivity contribution in [2.75, 3.05) is 44.2 Å². The Labute approximate surface area is 224 Å². The lowest BCUT2D eigenvalue weighted by molar-refractivity contribution is -0.169. The van der Waals surface area contributed by atoms with Crippen LogP contribution < -0.4 is 10.5 Å². The predicted molar refractivity (Wildman–Crippen MR) is 128 cm³/mol. The molecule has 4 heterocycles. The van der Waals surface area contributed by atoms with Gasteiger partial charge in [0.15, 0.2) is 0 Å². The van der Waals surface area contributed by atoms with E-state index in [-0.39, 0.29) is 35.5 Å². The number of nitrogens with one attached hydrogen (secondary N) is 1. The first kappa shape index (κ1) is 27.0. The fraction of sp³-hybridized carbons (Fsp3) is 0.640. The summed E-state index contributed by atoms with van der Waals surface area (Å²) in [7, 11) is 0. The molecule has 40 heavy (non-hydrogen) atoms. The number of H-pyrrole nitrogens is 1. The number of hydrogen-bond donors (Lipinski definition) is 1. The number of fused-ring (bicyclic) bond motifs is 1. The normalized spacial score (nSPS) is 23.5. The summed E-state index contributed by atoms with van der Waals surface area (Å²) in [6.07, 6.45) is -4.48. The fourth-order valence-electron chi connectivity index (χ4n) is 6.58. The SMILES string of the molecule is O=C(N1CCN(c2ncc(C(F)(F)F)cn2)CC1)C1(C2CCC2)CN(C2CCc3c2n[nH]c(=O)c3C(F)(F)F)C1. The minimum absolute atomic E-state index is 0.00469. The zero-order valence-electron chi connectivity index (χ0n) is 21.4. The van der Waals surface area contributed by atoms with E-state index < -0.39 is 40.5 Å². The van der Waals surface area contributed by atoms with Gasteiger partial charge in [-0.2, -0.15) is 31.4 Å². The minimum Gasteiger partial charge on any atom is -0.339 e. The van der Waals surface area contributed by atoms with Crippen LogP contribution in [0.4, 0.5) is 32.3 Å². The summed E-state index contributed by atoms with van der Waals surface area (Å²) in [5.41, 5.74) is -3.82. The quantitative estimate of drug-likeness (QED) is 0.564. The van der Waals surface area contributed by atoms with E-state index in [4.69, 9.17) is 0 Å². The van der Waals surface area contributed by atoms with Crippen LogP contribution in [-0.4, -0.2) is 75.1 Å². The summed E-state index contributed by atoms with van der Waals surface area (Å²) in [6, 6.07) is -0.400. The van der Waals surface area contributed by atoms with Crippen molar-refractivity contribution in [2.24, 2.45) is 11.3 Å². The monoisotopic (exact) mass is 571 g/mol. The third-order valence-corrected chi connectivity index (χ3v) is 8.92. The number of piperazine rings is 1. The maximum absolute atomic E-state index is 13.9. The number of amides is 1. The van der Waals surface area contributed by atoms with E-state index in [0.29, 0.717) is 45.7 Å². The van der Waals surface area contributed by atoms with Crippen molar-refractivity contribution < 1.29 is 31.1 Å². The Hall–Kier alpha value is -3.23. The Kier molecular flexibility index (Phi) is 6.35. The second kappa shape index (κ2) is 9.42. The third kappa shape index (κ3) is 4.41. The Bertz CT molecular complexity index is 1340. The number of hydrogen-bond acceptors (Lipinski definition) is 7. The van der Waals surface area contributed by atoms with Gasteiger partial charge in [-0.15, -0.1) is 0 Å². The lowest BCUT2D eigenvalue weighted by Gasteiger charge is -2.58. The standard InChI is InChI=1S/C25H27F6N7O2/c26-24(27,28)15-10-32-22(33-11-15)37-8-6-36(7-9-37)21(40)23(14-2-1-3-14)12-38(13-23)17-5-4-16-18(25(29,30)31)20(39)35-34-19(16)17/h10-11,14,17H,1-9,12-13H2,(H,35,39). The summed E-state index contributed by atoms with van der Waals surface area (Å²) < 4.78 is 79.1. The molecule has 1 saturated carbocycles. The van der Waals surface area contributed by atoms with Crippen molar-refractivity contribution in [3.8, 4) is 0 Å². The van der Waals surface area contributed by atoms with Gasteiger partial charge in [0, 0.05) is 51.7 Å². The van der Waals surface area contributed by atoms with Crippen LogP contribution in [0.1, 0.15) is 54.1 Å². The van der Waals surface area contributed by atoms with Gasteiger partial charge >= 0.3 is 12.4 Å². The molecule has 216 valence electrons. The van der Waals surface area contributed by atoms with Crippen LogP contribution in [0.5, 0.6) is 0 Å². The highest BCUT2D eigenvalue weighted by atomic mass is 19.4. The van der Waals surface area contributed by atoms with Crippen LogP contribution in [0.2, 0.25) is 0 Å². The molecule has 1 N–H and O–H groups in total. The summed E-state index contributed by atoms with van der Waals surface area (Å²) in [6.45, 7) is 2.28. The van der Waals surface area contributed by atoms with Gasteiger partial charge in [-0.05, 0) is 37.2 Å². The number of carbonyl (C=O) groups excluding carboxylic acids is 1. The predicted octanol–water partition coefficient (Wildman–Crippen LogP) is 3.04. The van der Waals surface area contributed by atoms with Gasteiger partial charge in [0.2, 0.25) is 11.9 Å². The Balaban J connectivity index is 1.14. The zero-order chi connectivity index (χ0) is 28.4. The number of aromatic nitrogens is 4. The summed E-state index contributed by atoms with van der Waals surface area (Å²) in [5.74, 6) is 0.361. The highest BCUT2D eigenvalue weighted by molar-refractivity contribution is 5.85. The number of nitrogens with zero attached hydrogens (tertiary/aromatic N) is 6. The molecule has 1 atom stereocenters. The van der Waals surface area contributed by atoms with Crippen LogP contribution in [0, 0.1) is 11.3 Å². The summed E-state index contributed by atoms with van der Waals surface area (Å²) in [5, 5.41) is 5.99. The van der Waals surface area contributed by atoms with E-state index in [1.807, 2.05) is 10.00 Å². The average molecular weight is 572 g/mol. The molecular formula is C25H27F6N7O2. The molecule has 1 amide bonds. The Morgan fingerprint density at radius 1 is 0.950 bits per heavy atom. The van der Waals surface area contributed by atoms with Crippen molar-refractivity contribution in [1.29, 1.82) is 0 Å². The molecule has 2 aromatic rings. The van der Waals surface area contributed by atoms with Gasteiger partial charge in [-0.25, -0.2) is 15.1 Å². The largest absolute Gasteiger partial charge is 0.422 e. The van der Waals surface area contributed by atoms with E-state index in [1.54, 1.807) is 9.80 Å². The number of alkyl halides is 6. The Morgan fingerprint density at radius 2 is 1.60 bits per heavy atom. The topological polar surface area (TPSA) is 98.3 Å².